The molecule has 0 saturated heterocycles. The molecule has 2 aromatic rings. The van der Waals surface area contributed by atoms with Crippen molar-refractivity contribution < 1.29 is 26.3 Å². The largest absolute Gasteiger partial charge is 0.463 e. The number of aliphatic imine (C=N–C) groups is 1. The molecule has 0 amide bonds. The molecular formula is C14H19F3N8O3S. The van der Waals surface area contributed by atoms with Gasteiger partial charge in [0.1, 0.15) is 12.4 Å². The van der Waals surface area contributed by atoms with Crippen molar-refractivity contribution in [1.29, 1.82) is 0 Å². The number of sulfonamides is 1. The van der Waals surface area contributed by atoms with Gasteiger partial charge in [0.15, 0.2) is 5.96 Å². The second-order valence-electron chi connectivity index (χ2n) is 5.69. The Balaban J connectivity index is 1.84. The molecule has 2 heterocycles. The fraction of sp³-hybridized carbons (Fsp3) is 0.429. The van der Waals surface area contributed by atoms with E-state index in [1.165, 1.54) is 18.5 Å². The van der Waals surface area contributed by atoms with Gasteiger partial charge >= 0.3 is 12.2 Å². The first-order valence-corrected chi connectivity index (χ1v) is 9.99. The van der Waals surface area contributed by atoms with E-state index in [0.29, 0.717) is 13.0 Å². The van der Waals surface area contributed by atoms with E-state index < -0.39 is 28.7 Å². The smallest absolute Gasteiger partial charge is 0.408 e. The molecule has 4 N–H and O–H groups in total. The Morgan fingerprint density at radius 3 is 2.79 bits per heavy atom. The van der Waals surface area contributed by atoms with Gasteiger partial charge in [-0.3, -0.25) is 4.72 Å². The lowest BCUT2D eigenvalue weighted by molar-refractivity contribution is -0.118. The number of hydrogen-bond donors (Lipinski definition) is 3. The molecule has 0 saturated carbocycles. The Labute approximate surface area is 164 Å². The number of nitrogens with one attached hydrogen (secondary N) is 2. The van der Waals surface area contributed by atoms with Crippen LogP contribution in [0.2, 0.25) is 0 Å². The van der Waals surface area contributed by atoms with Crippen LogP contribution in [0.25, 0.3) is 0 Å². The van der Waals surface area contributed by atoms with Gasteiger partial charge in [-0.1, -0.05) is 0 Å². The third-order valence-electron chi connectivity index (χ3n) is 3.08. The SMILES string of the molecule is CS(=O)(=O)Nc1nccn1CCCOc1nccc(NC(N)=NCC(F)(F)F)n1. The van der Waals surface area contributed by atoms with Crippen molar-refractivity contribution >= 4 is 27.7 Å². The predicted octanol–water partition coefficient (Wildman–Crippen LogP) is 0.803. The summed E-state index contributed by atoms with van der Waals surface area (Å²) in [5, 5.41) is 2.42. The zero-order chi connectivity index (χ0) is 21.5. The molecule has 0 atom stereocenters. The van der Waals surface area contributed by atoms with Gasteiger partial charge in [-0.05, 0) is 12.5 Å². The highest BCUT2D eigenvalue weighted by molar-refractivity contribution is 7.91. The van der Waals surface area contributed by atoms with E-state index in [4.69, 9.17) is 10.5 Å². The molecule has 0 aliphatic carbocycles. The van der Waals surface area contributed by atoms with Crippen molar-refractivity contribution in [1.82, 2.24) is 19.5 Å². The standard InChI is InChI=1S/C14H19F3N8O3S/c1-29(26,27)24-12-19-5-7-25(12)6-2-8-28-13-20-4-3-10(23-13)22-11(18)21-9-14(15,16)17/h3-5,7H,2,6,8-9H2,1H3,(H,19,24)(H3,18,20,21,22,23). The highest BCUT2D eigenvalue weighted by Crippen LogP contribution is 2.14. The van der Waals surface area contributed by atoms with Crippen LogP contribution >= 0.6 is 0 Å². The number of aryl methyl sites for hydroxylation is 1. The molecule has 160 valence electrons. The third-order valence-corrected chi connectivity index (χ3v) is 3.64. The first-order chi connectivity index (χ1) is 13.5. The summed E-state index contributed by atoms with van der Waals surface area (Å²) in [6.07, 6.45) is 1.44. The zero-order valence-corrected chi connectivity index (χ0v) is 16.0. The molecule has 2 aromatic heterocycles. The van der Waals surface area contributed by atoms with Gasteiger partial charge in [0, 0.05) is 25.1 Å². The number of rotatable bonds is 9. The summed E-state index contributed by atoms with van der Waals surface area (Å²) in [6, 6.07) is 1.37. The third kappa shape index (κ3) is 8.63. The molecule has 0 unspecified atom stereocenters. The lowest BCUT2D eigenvalue weighted by Crippen LogP contribution is -2.26. The number of halogens is 3. The Morgan fingerprint density at radius 2 is 2.10 bits per heavy atom. The normalized spacial score (nSPS) is 12.6. The monoisotopic (exact) mass is 436 g/mol. The number of imidazole rings is 1. The van der Waals surface area contributed by atoms with E-state index in [9.17, 15) is 21.6 Å². The summed E-state index contributed by atoms with van der Waals surface area (Å²) < 4.78 is 68.2. The second-order valence-corrected chi connectivity index (χ2v) is 7.44. The number of nitrogens with zero attached hydrogens (tertiary/aromatic N) is 5. The molecule has 15 heteroatoms. The van der Waals surface area contributed by atoms with Gasteiger partial charge in [-0.2, -0.15) is 18.2 Å². The highest BCUT2D eigenvalue weighted by atomic mass is 32.2. The number of nitrogens with two attached hydrogens (primary N) is 1. The predicted molar refractivity (Wildman–Crippen MR) is 99.0 cm³/mol. The van der Waals surface area contributed by atoms with Crippen LogP contribution in [-0.4, -0.2) is 59.5 Å². The molecule has 0 aromatic carbocycles. The fourth-order valence-electron chi connectivity index (χ4n) is 1.98. The van der Waals surface area contributed by atoms with Gasteiger partial charge in [0.25, 0.3) is 0 Å². The number of alkyl halides is 3. The van der Waals surface area contributed by atoms with Crippen LogP contribution in [0.1, 0.15) is 6.42 Å². The van der Waals surface area contributed by atoms with Crippen molar-refractivity contribution in [3.05, 3.63) is 24.7 Å². The van der Waals surface area contributed by atoms with Gasteiger partial charge in [-0.15, -0.1) is 0 Å². The van der Waals surface area contributed by atoms with E-state index in [-0.39, 0.29) is 24.4 Å². The minimum absolute atomic E-state index is 0.0151. The average molecular weight is 436 g/mol. The lowest BCUT2D eigenvalue weighted by Gasteiger charge is -2.10. The lowest BCUT2D eigenvalue weighted by atomic mass is 10.4. The minimum Gasteiger partial charge on any atom is -0.463 e. The van der Waals surface area contributed by atoms with Gasteiger partial charge in [0.05, 0.1) is 12.9 Å². The van der Waals surface area contributed by atoms with Crippen LogP contribution in [0, 0.1) is 0 Å². The molecule has 0 aliphatic heterocycles. The Kier molecular flexibility index (Phi) is 7.19. The van der Waals surface area contributed by atoms with Crippen LogP contribution in [0.15, 0.2) is 29.6 Å². The molecule has 0 radical (unpaired) electrons. The van der Waals surface area contributed by atoms with E-state index in [0.717, 1.165) is 6.26 Å². The van der Waals surface area contributed by atoms with Gasteiger partial charge in [0.2, 0.25) is 16.0 Å². The number of anilines is 2. The van der Waals surface area contributed by atoms with E-state index in [2.05, 4.69) is 30.0 Å². The first-order valence-electron chi connectivity index (χ1n) is 8.10. The van der Waals surface area contributed by atoms with Crippen molar-refractivity contribution in [3.8, 4) is 6.01 Å². The highest BCUT2D eigenvalue weighted by Gasteiger charge is 2.26. The molecule has 0 fully saturated rings. The van der Waals surface area contributed by atoms with Gasteiger partial charge in [-0.25, -0.2) is 23.4 Å². The molecular weight excluding hydrogens is 417 g/mol. The van der Waals surface area contributed by atoms with Crippen molar-refractivity contribution in [2.24, 2.45) is 10.7 Å². The van der Waals surface area contributed by atoms with Crippen LogP contribution in [0.5, 0.6) is 6.01 Å². The summed E-state index contributed by atoms with van der Waals surface area (Å²) in [5.74, 6) is -0.144. The molecule has 11 nitrogen and oxygen atoms in total. The number of hydrogen-bond acceptors (Lipinski definition) is 7. The Bertz CT molecular complexity index is 946. The summed E-state index contributed by atoms with van der Waals surface area (Å²) in [6.45, 7) is -0.810. The maximum Gasteiger partial charge on any atom is 0.408 e. The topological polar surface area (TPSA) is 149 Å². The molecule has 0 bridgehead atoms. The van der Waals surface area contributed by atoms with E-state index >= 15 is 0 Å². The molecule has 2 rings (SSSR count). The Morgan fingerprint density at radius 1 is 1.34 bits per heavy atom. The van der Waals surface area contributed by atoms with Crippen LogP contribution in [-0.2, 0) is 16.6 Å². The maximum absolute atomic E-state index is 12.1. The number of guanidine groups is 1. The van der Waals surface area contributed by atoms with Crippen LogP contribution in [0.4, 0.5) is 24.9 Å². The van der Waals surface area contributed by atoms with Crippen LogP contribution in [0.3, 0.4) is 0 Å². The van der Waals surface area contributed by atoms with E-state index in [1.807, 2.05) is 0 Å². The summed E-state index contributed by atoms with van der Waals surface area (Å²) in [5.41, 5.74) is 5.38. The number of ether oxygens (including phenoxy) is 1. The minimum atomic E-state index is -4.46. The number of aromatic nitrogens is 4. The molecule has 29 heavy (non-hydrogen) atoms. The van der Waals surface area contributed by atoms with Crippen molar-refractivity contribution in [3.63, 3.8) is 0 Å². The van der Waals surface area contributed by atoms with Crippen molar-refractivity contribution in [2.75, 3.05) is 29.4 Å². The average Bonchev–Trinajstić information content (AvgIpc) is 3.02. The maximum atomic E-state index is 12.1. The Hall–Kier alpha value is -3.10. The zero-order valence-electron chi connectivity index (χ0n) is 15.2. The van der Waals surface area contributed by atoms with Crippen molar-refractivity contribution in [2.45, 2.75) is 19.1 Å². The summed E-state index contributed by atoms with van der Waals surface area (Å²) in [7, 11) is -3.44. The van der Waals surface area contributed by atoms with Gasteiger partial charge < -0.3 is 20.4 Å². The van der Waals surface area contributed by atoms with Crippen LogP contribution < -0.4 is 20.5 Å². The second kappa shape index (κ2) is 9.40. The fourth-order valence-corrected chi connectivity index (χ4v) is 2.49. The molecule has 0 aliphatic rings. The molecule has 0 spiro atoms. The summed E-state index contributed by atoms with van der Waals surface area (Å²) in [4.78, 5) is 14.9. The first kappa shape index (κ1) is 22.2. The summed E-state index contributed by atoms with van der Waals surface area (Å²) >= 11 is 0. The quantitative estimate of drug-likeness (QED) is 0.297. The van der Waals surface area contributed by atoms with E-state index in [1.54, 1.807) is 10.8 Å².